The Balaban J connectivity index is 1.89. The van der Waals surface area contributed by atoms with Gasteiger partial charge in [0.15, 0.2) is 0 Å². The summed E-state index contributed by atoms with van der Waals surface area (Å²) in [6.45, 7) is 1.98. The monoisotopic (exact) mass is 333 g/mol. The smallest absolute Gasteiger partial charge is 0.371 e. The summed E-state index contributed by atoms with van der Waals surface area (Å²) in [7, 11) is 3.20. The highest BCUT2D eigenvalue weighted by molar-refractivity contribution is 7.13. The van der Waals surface area contributed by atoms with Crippen LogP contribution in [0.15, 0.2) is 24.4 Å². The fourth-order valence-corrected chi connectivity index (χ4v) is 2.75. The van der Waals surface area contributed by atoms with Crippen molar-refractivity contribution in [3.05, 3.63) is 29.3 Å². The molecule has 0 fully saturated rings. The number of H-pyrrole nitrogens is 1. The number of nitrogens with zero attached hydrogens (tertiary/aromatic N) is 3. The van der Waals surface area contributed by atoms with E-state index in [0.29, 0.717) is 23.4 Å². The third-order valence-corrected chi connectivity index (χ3v) is 3.99. The molecule has 3 aromatic rings. The molecule has 0 radical (unpaired) electrons. The van der Waals surface area contributed by atoms with E-state index >= 15 is 0 Å². The summed E-state index contributed by atoms with van der Waals surface area (Å²) in [5.74, 6) is 2.16. The van der Waals surface area contributed by atoms with Crippen molar-refractivity contribution in [2.45, 2.75) is 6.92 Å². The first-order valence-corrected chi connectivity index (χ1v) is 7.61. The van der Waals surface area contributed by atoms with Crippen molar-refractivity contribution in [2.24, 2.45) is 0 Å². The first-order valence-electron chi connectivity index (χ1n) is 6.79. The largest absolute Gasteiger partial charge is 0.497 e. The third-order valence-electron chi connectivity index (χ3n) is 3.09. The van der Waals surface area contributed by atoms with Crippen molar-refractivity contribution in [2.75, 3.05) is 25.3 Å². The van der Waals surface area contributed by atoms with Gasteiger partial charge in [0.05, 0.1) is 20.4 Å². The van der Waals surface area contributed by atoms with Gasteiger partial charge in [0.2, 0.25) is 0 Å². The molecule has 2 heterocycles. The molecule has 9 heteroatoms. The van der Waals surface area contributed by atoms with E-state index in [1.54, 1.807) is 31.2 Å². The Morgan fingerprint density at radius 1 is 1.22 bits per heavy atom. The molecule has 1 aromatic carbocycles. The average Bonchev–Trinajstić information content (AvgIpc) is 3.12. The van der Waals surface area contributed by atoms with Gasteiger partial charge < -0.3 is 20.5 Å². The Bertz CT molecular complexity index is 806. The number of aromatic amines is 1. The SMILES string of the molecule is COc1cc(Nc2nc(N)[n+](-c3ncc(C)s3)[nH]2)cc(OC)c1. The topological polar surface area (TPSA) is 102 Å². The van der Waals surface area contributed by atoms with Gasteiger partial charge in [-0.2, -0.15) is 0 Å². The molecular weight excluding hydrogens is 316 g/mol. The summed E-state index contributed by atoms with van der Waals surface area (Å²) in [6, 6.07) is 5.46. The van der Waals surface area contributed by atoms with E-state index in [-0.39, 0.29) is 0 Å². The molecule has 4 N–H and O–H groups in total. The molecule has 0 aliphatic rings. The van der Waals surface area contributed by atoms with Crippen molar-refractivity contribution in [1.82, 2.24) is 15.1 Å². The quantitative estimate of drug-likeness (QED) is 0.615. The van der Waals surface area contributed by atoms with Crippen molar-refractivity contribution < 1.29 is 14.2 Å². The molecule has 0 spiro atoms. The van der Waals surface area contributed by atoms with Crippen LogP contribution in [0.4, 0.5) is 17.6 Å². The molecular formula is C14H17N6O2S+. The molecule has 0 atom stereocenters. The van der Waals surface area contributed by atoms with Crippen LogP contribution in [0.5, 0.6) is 11.5 Å². The van der Waals surface area contributed by atoms with Crippen molar-refractivity contribution in [3.8, 4) is 16.6 Å². The van der Waals surface area contributed by atoms with E-state index in [1.807, 2.05) is 19.1 Å². The minimum Gasteiger partial charge on any atom is -0.497 e. The molecule has 120 valence electrons. The highest BCUT2D eigenvalue weighted by Crippen LogP contribution is 2.27. The molecule has 3 rings (SSSR count). The van der Waals surface area contributed by atoms with Crippen LogP contribution in [0, 0.1) is 6.92 Å². The second-order valence-electron chi connectivity index (χ2n) is 4.75. The lowest BCUT2D eigenvalue weighted by Gasteiger charge is -2.08. The fraction of sp³-hybridized carbons (Fsp3) is 0.214. The van der Waals surface area contributed by atoms with Crippen molar-refractivity contribution in [3.63, 3.8) is 0 Å². The van der Waals surface area contributed by atoms with E-state index in [9.17, 15) is 0 Å². The number of hydrogen-bond acceptors (Lipinski definition) is 7. The highest BCUT2D eigenvalue weighted by Gasteiger charge is 2.18. The lowest BCUT2D eigenvalue weighted by molar-refractivity contribution is -0.640. The zero-order valence-corrected chi connectivity index (χ0v) is 13.8. The number of benzene rings is 1. The Morgan fingerprint density at radius 2 is 1.91 bits per heavy atom. The molecule has 0 unspecified atom stereocenters. The van der Waals surface area contributed by atoms with Gasteiger partial charge in [0, 0.05) is 28.8 Å². The lowest BCUT2D eigenvalue weighted by Crippen LogP contribution is -2.35. The van der Waals surface area contributed by atoms with Crippen LogP contribution in [0.3, 0.4) is 0 Å². The van der Waals surface area contributed by atoms with Crippen LogP contribution in [0.1, 0.15) is 4.88 Å². The van der Waals surface area contributed by atoms with E-state index in [4.69, 9.17) is 15.2 Å². The minimum absolute atomic E-state index is 0.316. The van der Waals surface area contributed by atoms with Gasteiger partial charge in [-0.25, -0.2) is 5.10 Å². The Kier molecular flexibility index (Phi) is 4.02. The maximum atomic E-state index is 5.95. The Morgan fingerprint density at radius 3 is 2.48 bits per heavy atom. The highest BCUT2D eigenvalue weighted by atomic mass is 32.1. The first-order chi connectivity index (χ1) is 11.1. The second kappa shape index (κ2) is 6.13. The number of anilines is 3. The van der Waals surface area contributed by atoms with Gasteiger partial charge in [-0.3, -0.25) is 0 Å². The summed E-state index contributed by atoms with van der Waals surface area (Å²) in [5.41, 5.74) is 6.71. The standard InChI is InChI=1S/C14H16N6O2S/c1-8-7-16-14(23-8)20-12(15)18-13(19-20)17-9-4-10(21-2)6-11(5-9)22-3/h4-7H,1-3H3,(H3,15,17,18,19)/p+1. The van der Waals surface area contributed by atoms with Gasteiger partial charge in [0.1, 0.15) is 11.5 Å². The van der Waals surface area contributed by atoms with Gasteiger partial charge in [-0.05, 0) is 6.92 Å². The molecule has 0 amide bonds. The van der Waals surface area contributed by atoms with E-state index in [1.165, 1.54) is 11.3 Å². The van der Waals surface area contributed by atoms with E-state index in [0.717, 1.165) is 15.7 Å². The molecule has 8 nitrogen and oxygen atoms in total. The van der Waals surface area contributed by atoms with E-state index < -0.39 is 0 Å². The first kappa shape index (κ1) is 15.1. The number of ether oxygens (including phenoxy) is 2. The van der Waals surface area contributed by atoms with Crippen molar-refractivity contribution in [1.29, 1.82) is 0 Å². The number of methoxy groups -OCH3 is 2. The molecule has 23 heavy (non-hydrogen) atoms. The van der Waals surface area contributed by atoms with Crippen LogP contribution >= 0.6 is 11.3 Å². The third kappa shape index (κ3) is 3.19. The number of aryl methyl sites for hydroxylation is 1. The maximum absolute atomic E-state index is 5.95. The molecule has 0 aliphatic carbocycles. The fourth-order valence-electron chi connectivity index (χ4n) is 2.02. The summed E-state index contributed by atoms with van der Waals surface area (Å²) in [6.07, 6.45) is 1.79. The minimum atomic E-state index is 0.316. The predicted octanol–water partition coefficient (Wildman–Crippen LogP) is 1.79. The summed E-state index contributed by atoms with van der Waals surface area (Å²) in [5, 5.41) is 6.94. The zero-order valence-electron chi connectivity index (χ0n) is 13.0. The number of rotatable bonds is 5. The number of thiazole rings is 1. The molecule has 0 aliphatic heterocycles. The summed E-state index contributed by atoms with van der Waals surface area (Å²) in [4.78, 5) is 9.64. The van der Waals surface area contributed by atoms with Crippen LogP contribution < -0.4 is 25.2 Å². The lowest BCUT2D eigenvalue weighted by atomic mass is 10.3. The van der Waals surface area contributed by atoms with Gasteiger partial charge in [0.25, 0.3) is 5.95 Å². The number of nitrogens with one attached hydrogen (secondary N) is 2. The molecule has 2 aromatic heterocycles. The van der Waals surface area contributed by atoms with Crippen molar-refractivity contribution >= 4 is 28.9 Å². The predicted molar refractivity (Wildman–Crippen MR) is 87.8 cm³/mol. The number of nitrogens with two attached hydrogens (primary N) is 1. The summed E-state index contributed by atoms with van der Waals surface area (Å²) < 4.78 is 12.1. The van der Waals surface area contributed by atoms with E-state index in [2.05, 4.69) is 20.4 Å². The van der Waals surface area contributed by atoms with Crippen LogP contribution in [0.25, 0.3) is 5.13 Å². The second-order valence-corrected chi connectivity index (χ2v) is 5.96. The molecule has 0 bridgehead atoms. The Hall–Kier alpha value is -2.81. The van der Waals surface area contributed by atoms with Crippen LogP contribution in [-0.4, -0.2) is 29.3 Å². The number of hydrogen-bond donors (Lipinski definition) is 3. The maximum Gasteiger partial charge on any atom is 0.371 e. The summed E-state index contributed by atoms with van der Waals surface area (Å²) >= 11 is 1.52. The average molecular weight is 333 g/mol. The van der Waals surface area contributed by atoms with Gasteiger partial charge >= 0.3 is 11.1 Å². The number of aromatic nitrogens is 4. The van der Waals surface area contributed by atoms with Crippen LogP contribution in [0.2, 0.25) is 0 Å². The van der Waals surface area contributed by atoms with Gasteiger partial charge in [-0.1, -0.05) is 16.3 Å². The zero-order chi connectivity index (χ0) is 16.4. The molecule has 0 saturated heterocycles. The Labute approximate surface area is 136 Å². The van der Waals surface area contributed by atoms with Gasteiger partial charge in [-0.15, -0.1) is 9.67 Å². The number of nitrogen functional groups attached to an aromatic ring is 1. The van der Waals surface area contributed by atoms with Crippen LogP contribution in [-0.2, 0) is 0 Å². The normalized spacial score (nSPS) is 10.6. The molecule has 0 saturated carbocycles.